The van der Waals surface area contributed by atoms with Crippen LogP contribution < -0.4 is 5.32 Å². The lowest BCUT2D eigenvalue weighted by Gasteiger charge is -2.04. The van der Waals surface area contributed by atoms with Gasteiger partial charge in [-0.25, -0.2) is 4.98 Å². The maximum Gasteiger partial charge on any atom is 0.202 e. The topological polar surface area (TPSA) is 37.8 Å². The van der Waals surface area contributed by atoms with Crippen molar-refractivity contribution in [2.75, 3.05) is 5.32 Å². The van der Waals surface area contributed by atoms with Crippen LogP contribution in [0, 0.1) is 0 Å². The number of hydrogen-bond acceptors (Lipinski definition) is 4. The van der Waals surface area contributed by atoms with E-state index in [4.69, 9.17) is 11.6 Å². The SMILES string of the molecule is CC(C)c1nsc(NCc2ccccc2Cl)n1. The summed E-state index contributed by atoms with van der Waals surface area (Å²) in [5.74, 6) is 1.25. The molecule has 5 heteroatoms. The molecule has 1 N–H and O–H groups in total. The van der Waals surface area contributed by atoms with Gasteiger partial charge in [0, 0.05) is 29.0 Å². The van der Waals surface area contributed by atoms with Gasteiger partial charge in [-0.1, -0.05) is 43.6 Å². The molecule has 0 saturated heterocycles. The molecule has 0 spiro atoms. The van der Waals surface area contributed by atoms with Gasteiger partial charge in [0.15, 0.2) is 0 Å². The molecule has 1 heterocycles. The fraction of sp³-hybridized carbons (Fsp3) is 0.333. The number of halogens is 1. The largest absolute Gasteiger partial charge is 0.356 e. The molecule has 2 rings (SSSR count). The second kappa shape index (κ2) is 5.47. The molecular weight excluding hydrogens is 254 g/mol. The highest BCUT2D eigenvalue weighted by Gasteiger charge is 2.07. The van der Waals surface area contributed by atoms with Crippen LogP contribution in [0.4, 0.5) is 5.13 Å². The Morgan fingerprint density at radius 1 is 1.35 bits per heavy atom. The highest BCUT2D eigenvalue weighted by molar-refractivity contribution is 7.09. The van der Waals surface area contributed by atoms with E-state index in [1.807, 2.05) is 24.3 Å². The number of nitrogens with one attached hydrogen (secondary N) is 1. The van der Waals surface area contributed by atoms with E-state index in [9.17, 15) is 0 Å². The average molecular weight is 268 g/mol. The molecule has 0 aliphatic heterocycles. The summed E-state index contributed by atoms with van der Waals surface area (Å²) in [6, 6.07) is 7.79. The van der Waals surface area contributed by atoms with Gasteiger partial charge in [-0.3, -0.25) is 0 Å². The van der Waals surface area contributed by atoms with E-state index in [0.29, 0.717) is 12.5 Å². The summed E-state index contributed by atoms with van der Waals surface area (Å²) in [5, 5.41) is 4.85. The summed E-state index contributed by atoms with van der Waals surface area (Å²) in [7, 11) is 0. The van der Waals surface area contributed by atoms with Crippen LogP contribution in [0.3, 0.4) is 0 Å². The molecule has 0 atom stereocenters. The standard InChI is InChI=1S/C12H14ClN3S/c1-8(2)11-15-12(17-16-11)14-7-9-5-3-4-6-10(9)13/h3-6,8H,7H2,1-2H3,(H,14,15,16). The molecule has 0 unspecified atom stereocenters. The monoisotopic (exact) mass is 267 g/mol. The molecule has 0 fully saturated rings. The van der Waals surface area contributed by atoms with Gasteiger partial charge < -0.3 is 5.32 Å². The maximum atomic E-state index is 6.07. The van der Waals surface area contributed by atoms with Gasteiger partial charge in [-0.05, 0) is 11.6 Å². The molecular formula is C12H14ClN3S. The summed E-state index contributed by atoms with van der Waals surface area (Å²) in [6.07, 6.45) is 0. The summed E-state index contributed by atoms with van der Waals surface area (Å²) in [5.41, 5.74) is 1.07. The normalized spacial score (nSPS) is 10.8. The van der Waals surface area contributed by atoms with E-state index in [0.717, 1.165) is 21.5 Å². The summed E-state index contributed by atoms with van der Waals surface area (Å²) in [6.45, 7) is 4.84. The quantitative estimate of drug-likeness (QED) is 0.912. The lowest BCUT2D eigenvalue weighted by atomic mass is 10.2. The molecule has 0 bridgehead atoms. The minimum Gasteiger partial charge on any atom is -0.356 e. The Bertz CT molecular complexity index is 496. The minimum absolute atomic E-state index is 0.363. The van der Waals surface area contributed by atoms with Crippen molar-refractivity contribution < 1.29 is 0 Å². The zero-order chi connectivity index (χ0) is 12.3. The van der Waals surface area contributed by atoms with E-state index in [1.54, 1.807) is 0 Å². The Balaban J connectivity index is 2.00. The Labute approximate surface area is 110 Å². The van der Waals surface area contributed by atoms with E-state index in [-0.39, 0.29) is 0 Å². The summed E-state index contributed by atoms with van der Waals surface area (Å²) < 4.78 is 4.29. The lowest BCUT2D eigenvalue weighted by molar-refractivity contribution is 0.799. The molecule has 1 aromatic carbocycles. The van der Waals surface area contributed by atoms with Crippen LogP contribution in [0.1, 0.15) is 31.2 Å². The first kappa shape index (κ1) is 12.3. The first-order chi connectivity index (χ1) is 8.16. The molecule has 0 aliphatic rings. The van der Waals surface area contributed by atoms with Gasteiger partial charge in [0.25, 0.3) is 0 Å². The van der Waals surface area contributed by atoms with Crippen molar-refractivity contribution in [2.24, 2.45) is 0 Å². The first-order valence-corrected chi connectivity index (χ1v) is 6.63. The van der Waals surface area contributed by atoms with E-state index < -0.39 is 0 Å². The van der Waals surface area contributed by atoms with Crippen molar-refractivity contribution in [1.82, 2.24) is 9.36 Å². The minimum atomic E-state index is 0.363. The Morgan fingerprint density at radius 2 is 2.12 bits per heavy atom. The van der Waals surface area contributed by atoms with Crippen molar-refractivity contribution in [2.45, 2.75) is 26.3 Å². The van der Waals surface area contributed by atoms with E-state index in [1.165, 1.54) is 11.5 Å². The predicted octanol–water partition coefficient (Wildman–Crippen LogP) is 3.93. The van der Waals surface area contributed by atoms with E-state index >= 15 is 0 Å². The van der Waals surface area contributed by atoms with Crippen LogP contribution in [-0.2, 0) is 6.54 Å². The molecule has 0 aliphatic carbocycles. The third kappa shape index (κ3) is 3.17. The fourth-order valence-corrected chi connectivity index (χ4v) is 2.26. The van der Waals surface area contributed by atoms with Gasteiger partial charge in [0.1, 0.15) is 5.82 Å². The van der Waals surface area contributed by atoms with Gasteiger partial charge in [-0.15, -0.1) is 0 Å². The van der Waals surface area contributed by atoms with Crippen LogP contribution in [0.15, 0.2) is 24.3 Å². The molecule has 0 saturated carbocycles. The molecule has 1 aromatic heterocycles. The molecule has 3 nitrogen and oxygen atoms in total. The fourth-order valence-electron chi connectivity index (χ4n) is 1.35. The molecule has 2 aromatic rings. The zero-order valence-electron chi connectivity index (χ0n) is 9.77. The van der Waals surface area contributed by atoms with Crippen molar-refractivity contribution >= 4 is 28.3 Å². The lowest BCUT2D eigenvalue weighted by Crippen LogP contribution is -2.00. The number of nitrogens with zero attached hydrogens (tertiary/aromatic N) is 2. The van der Waals surface area contributed by atoms with Crippen molar-refractivity contribution in [3.8, 4) is 0 Å². The molecule has 90 valence electrons. The summed E-state index contributed by atoms with van der Waals surface area (Å²) in [4.78, 5) is 4.41. The Hall–Kier alpha value is -1.13. The van der Waals surface area contributed by atoms with Crippen LogP contribution in [0.5, 0.6) is 0 Å². The number of aromatic nitrogens is 2. The highest BCUT2D eigenvalue weighted by atomic mass is 35.5. The Kier molecular flexibility index (Phi) is 3.97. The third-order valence-electron chi connectivity index (χ3n) is 2.35. The maximum absolute atomic E-state index is 6.07. The highest BCUT2D eigenvalue weighted by Crippen LogP contribution is 2.20. The third-order valence-corrected chi connectivity index (χ3v) is 3.40. The molecule has 0 amide bonds. The van der Waals surface area contributed by atoms with Crippen LogP contribution in [0.2, 0.25) is 5.02 Å². The van der Waals surface area contributed by atoms with Crippen molar-refractivity contribution in [3.63, 3.8) is 0 Å². The molecule has 17 heavy (non-hydrogen) atoms. The van der Waals surface area contributed by atoms with Gasteiger partial charge in [-0.2, -0.15) is 4.37 Å². The molecule has 0 radical (unpaired) electrons. The van der Waals surface area contributed by atoms with Crippen LogP contribution in [0.25, 0.3) is 0 Å². The number of anilines is 1. The second-order valence-corrected chi connectivity index (χ2v) is 5.22. The first-order valence-electron chi connectivity index (χ1n) is 5.47. The van der Waals surface area contributed by atoms with Gasteiger partial charge in [0.2, 0.25) is 5.13 Å². The number of rotatable bonds is 4. The number of benzene rings is 1. The zero-order valence-corrected chi connectivity index (χ0v) is 11.3. The summed E-state index contributed by atoms with van der Waals surface area (Å²) >= 11 is 7.46. The Morgan fingerprint density at radius 3 is 2.76 bits per heavy atom. The van der Waals surface area contributed by atoms with Crippen molar-refractivity contribution in [3.05, 3.63) is 40.7 Å². The van der Waals surface area contributed by atoms with Crippen LogP contribution in [-0.4, -0.2) is 9.36 Å². The van der Waals surface area contributed by atoms with Gasteiger partial charge >= 0.3 is 0 Å². The van der Waals surface area contributed by atoms with Crippen LogP contribution >= 0.6 is 23.1 Å². The van der Waals surface area contributed by atoms with Crippen molar-refractivity contribution in [1.29, 1.82) is 0 Å². The second-order valence-electron chi connectivity index (χ2n) is 4.06. The average Bonchev–Trinajstić information content (AvgIpc) is 2.77. The van der Waals surface area contributed by atoms with Gasteiger partial charge in [0.05, 0.1) is 0 Å². The van der Waals surface area contributed by atoms with E-state index in [2.05, 4.69) is 28.5 Å². The number of hydrogen-bond donors (Lipinski definition) is 1. The smallest absolute Gasteiger partial charge is 0.202 e. The predicted molar refractivity (Wildman–Crippen MR) is 72.8 cm³/mol.